The Kier molecular flexibility index (Phi) is 4.65. The SMILES string of the molecule is CC(NC(C)c1cccc(F)c1)c1ccc([N+](=O)[O-])cc1. The first-order valence-corrected chi connectivity index (χ1v) is 6.73. The van der Waals surface area contributed by atoms with Crippen molar-refractivity contribution in [1.82, 2.24) is 5.32 Å². The number of benzene rings is 2. The van der Waals surface area contributed by atoms with Crippen LogP contribution in [0, 0.1) is 15.9 Å². The van der Waals surface area contributed by atoms with Gasteiger partial charge in [0.05, 0.1) is 4.92 Å². The van der Waals surface area contributed by atoms with E-state index in [4.69, 9.17) is 0 Å². The average Bonchev–Trinajstić information content (AvgIpc) is 2.47. The third-order valence-electron chi connectivity index (χ3n) is 3.45. The molecular formula is C16H17FN2O2. The Labute approximate surface area is 122 Å². The molecule has 0 aromatic heterocycles. The number of nitro benzene ring substituents is 1. The number of rotatable bonds is 5. The quantitative estimate of drug-likeness (QED) is 0.664. The summed E-state index contributed by atoms with van der Waals surface area (Å²) in [4.78, 5) is 10.2. The molecular weight excluding hydrogens is 271 g/mol. The zero-order chi connectivity index (χ0) is 15.4. The van der Waals surface area contributed by atoms with Crippen LogP contribution in [0.3, 0.4) is 0 Å². The minimum Gasteiger partial charge on any atom is -0.304 e. The smallest absolute Gasteiger partial charge is 0.269 e. The van der Waals surface area contributed by atoms with Crippen molar-refractivity contribution in [3.63, 3.8) is 0 Å². The third kappa shape index (κ3) is 3.86. The highest BCUT2D eigenvalue weighted by Gasteiger charge is 2.13. The Morgan fingerprint density at radius 3 is 2.24 bits per heavy atom. The van der Waals surface area contributed by atoms with Gasteiger partial charge >= 0.3 is 0 Å². The molecule has 0 radical (unpaired) electrons. The molecule has 1 N–H and O–H groups in total. The first kappa shape index (κ1) is 15.1. The Bertz CT molecular complexity index is 628. The molecule has 0 aliphatic carbocycles. The van der Waals surface area contributed by atoms with Crippen molar-refractivity contribution in [3.05, 3.63) is 75.6 Å². The normalized spacial score (nSPS) is 13.7. The molecule has 0 saturated carbocycles. The number of non-ortho nitro benzene ring substituents is 1. The fourth-order valence-electron chi connectivity index (χ4n) is 2.23. The van der Waals surface area contributed by atoms with Crippen LogP contribution in [0.25, 0.3) is 0 Å². The summed E-state index contributed by atoms with van der Waals surface area (Å²) in [7, 11) is 0. The summed E-state index contributed by atoms with van der Waals surface area (Å²) in [5, 5.41) is 14.0. The van der Waals surface area contributed by atoms with Gasteiger partial charge < -0.3 is 5.32 Å². The molecule has 0 amide bonds. The van der Waals surface area contributed by atoms with E-state index in [2.05, 4.69) is 5.32 Å². The van der Waals surface area contributed by atoms with Crippen molar-refractivity contribution in [2.24, 2.45) is 0 Å². The molecule has 0 heterocycles. The lowest BCUT2D eigenvalue weighted by Crippen LogP contribution is -2.22. The largest absolute Gasteiger partial charge is 0.304 e. The number of hydrogen-bond acceptors (Lipinski definition) is 3. The fraction of sp³-hybridized carbons (Fsp3) is 0.250. The van der Waals surface area contributed by atoms with Gasteiger partial charge in [-0.15, -0.1) is 0 Å². The molecule has 0 bridgehead atoms. The van der Waals surface area contributed by atoms with Gasteiger partial charge in [-0.1, -0.05) is 24.3 Å². The van der Waals surface area contributed by atoms with Crippen molar-refractivity contribution < 1.29 is 9.31 Å². The Morgan fingerprint density at radius 2 is 1.67 bits per heavy atom. The summed E-state index contributed by atoms with van der Waals surface area (Å²) in [5.74, 6) is -0.260. The Balaban J connectivity index is 2.06. The summed E-state index contributed by atoms with van der Waals surface area (Å²) in [6.45, 7) is 3.92. The highest BCUT2D eigenvalue weighted by Crippen LogP contribution is 2.21. The minimum atomic E-state index is -0.419. The predicted molar refractivity (Wildman–Crippen MR) is 79.5 cm³/mol. The lowest BCUT2D eigenvalue weighted by molar-refractivity contribution is -0.384. The van der Waals surface area contributed by atoms with Crippen LogP contribution in [0.15, 0.2) is 48.5 Å². The van der Waals surface area contributed by atoms with Gasteiger partial charge in [-0.05, 0) is 37.1 Å². The van der Waals surface area contributed by atoms with Gasteiger partial charge in [0.25, 0.3) is 5.69 Å². The highest BCUT2D eigenvalue weighted by atomic mass is 19.1. The summed E-state index contributed by atoms with van der Waals surface area (Å²) < 4.78 is 13.2. The van der Waals surface area contributed by atoms with Crippen LogP contribution >= 0.6 is 0 Å². The van der Waals surface area contributed by atoms with Crippen LogP contribution in [-0.2, 0) is 0 Å². The molecule has 110 valence electrons. The first-order chi connectivity index (χ1) is 9.97. The molecule has 2 unspecified atom stereocenters. The molecule has 0 spiro atoms. The standard InChI is InChI=1S/C16H17FN2O2/c1-11(13-6-8-16(9-7-13)19(20)21)18-12(2)14-4-3-5-15(17)10-14/h3-12,18H,1-2H3. The molecule has 0 aliphatic heterocycles. The van der Waals surface area contributed by atoms with E-state index in [0.29, 0.717) is 0 Å². The van der Waals surface area contributed by atoms with Crippen LogP contribution in [0.4, 0.5) is 10.1 Å². The van der Waals surface area contributed by atoms with Crippen molar-refractivity contribution in [3.8, 4) is 0 Å². The van der Waals surface area contributed by atoms with Gasteiger partial charge in [0.2, 0.25) is 0 Å². The van der Waals surface area contributed by atoms with E-state index in [1.54, 1.807) is 18.2 Å². The summed E-state index contributed by atoms with van der Waals surface area (Å²) in [6.07, 6.45) is 0. The second kappa shape index (κ2) is 6.45. The van der Waals surface area contributed by atoms with Crippen LogP contribution in [0.1, 0.15) is 37.1 Å². The molecule has 0 aliphatic rings. The molecule has 2 aromatic carbocycles. The van der Waals surface area contributed by atoms with Crippen LogP contribution < -0.4 is 5.32 Å². The molecule has 0 saturated heterocycles. The highest BCUT2D eigenvalue weighted by molar-refractivity contribution is 5.34. The maximum absolute atomic E-state index is 13.2. The first-order valence-electron chi connectivity index (χ1n) is 6.73. The molecule has 2 rings (SSSR count). The summed E-state index contributed by atoms with van der Waals surface area (Å²) >= 11 is 0. The lowest BCUT2D eigenvalue weighted by Gasteiger charge is -2.20. The number of nitrogens with zero attached hydrogens (tertiary/aromatic N) is 1. The third-order valence-corrected chi connectivity index (χ3v) is 3.45. The van der Waals surface area contributed by atoms with E-state index in [1.807, 2.05) is 19.9 Å². The van der Waals surface area contributed by atoms with E-state index in [0.717, 1.165) is 11.1 Å². The number of hydrogen-bond donors (Lipinski definition) is 1. The average molecular weight is 288 g/mol. The van der Waals surface area contributed by atoms with Gasteiger partial charge in [-0.2, -0.15) is 0 Å². The number of nitro groups is 1. The van der Waals surface area contributed by atoms with Gasteiger partial charge in [0.15, 0.2) is 0 Å². The molecule has 5 heteroatoms. The summed E-state index contributed by atoms with van der Waals surface area (Å²) in [6, 6.07) is 12.9. The molecule has 2 atom stereocenters. The van der Waals surface area contributed by atoms with Crippen LogP contribution in [0.5, 0.6) is 0 Å². The topological polar surface area (TPSA) is 55.2 Å². The van der Waals surface area contributed by atoms with E-state index in [-0.39, 0.29) is 23.6 Å². The van der Waals surface area contributed by atoms with Crippen molar-refractivity contribution in [1.29, 1.82) is 0 Å². The van der Waals surface area contributed by atoms with Crippen molar-refractivity contribution in [2.45, 2.75) is 25.9 Å². The van der Waals surface area contributed by atoms with Crippen LogP contribution in [0.2, 0.25) is 0 Å². The van der Waals surface area contributed by atoms with E-state index in [9.17, 15) is 14.5 Å². The lowest BCUT2D eigenvalue weighted by atomic mass is 10.0. The van der Waals surface area contributed by atoms with E-state index in [1.165, 1.54) is 24.3 Å². The molecule has 2 aromatic rings. The Morgan fingerprint density at radius 1 is 1.05 bits per heavy atom. The van der Waals surface area contributed by atoms with Crippen molar-refractivity contribution in [2.75, 3.05) is 0 Å². The monoisotopic (exact) mass is 288 g/mol. The number of halogens is 1. The predicted octanol–water partition coefficient (Wildman–Crippen LogP) is 4.15. The van der Waals surface area contributed by atoms with Crippen LogP contribution in [-0.4, -0.2) is 4.92 Å². The van der Waals surface area contributed by atoms with Crippen molar-refractivity contribution >= 4 is 5.69 Å². The number of nitrogens with one attached hydrogen (secondary N) is 1. The van der Waals surface area contributed by atoms with Gasteiger partial charge in [-0.3, -0.25) is 10.1 Å². The minimum absolute atomic E-state index is 0.00377. The van der Waals surface area contributed by atoms with E-state index >= 15 is 0 Å². The molecule has 4 nitrogen and oxygen atoms in total. The maximum Gasteiger partial charge on any atom is 0.269 e. The zero-order valence-corrected chi connectivity index (χ0v) is 11.9. The Hall–Kier alpha value is -2.27. The van der Waals surface area contributed by atoms with Gasteiger partial charge in [-0.25, -0.2) is 4.39 Å². The second-order valence-corrected chi connectivity index (χ2v) is 5.01. The zero-order valence-electron chi connectivity index (χ0n) is 11.9. The van der Waals surface area contributed by atoms with Gasteiger partial charge in [0.1, 0.15) is 5.82 Å². The molecule has 21 heavy (non-hydrogen) atoms. The second-order valence-electron chi connectivity index (χ2n) is 5.01. The molecule has 0 fully saturated rings. The van der Waals surface area contributed by atoms with Gasteiger partial charge in [0, 0.05) is 24.2 Å². The fourth-order valence-corrected chi connectivity index (χ4v) is 2.23. The summed E-state index contributed by atoms with van der Waals surface area (Å²) in [5.41, 5.74) is 1.89. The maximum atomic E-state index is 13.2. The van der Waals surface area contributed by atoms with E-state index < -0.39 is 4.92 Å².